The van der Waals surface area contributed by atoms with E-state index < -0.39 is 0 Å². The maximum Gasteiger partial charge on any atom is 0.105 e. The minimum Gasteiger partial charge on any atom is -0.396 e. The lowest BCUT2D eigenvalue weighted by molar-refractivity contribution is -0.298. The molecule has 0 unspecified atom stereocenters. The summed E-state index contributed by atoms with van der Waals surface area (Å²) in [6, 6.07) is 0. The van der Waals surface area contributed by atoms with E-state index in [2.05, 4.69) is 9.78 Å². The highest BCUT2D eigenvalue weighted by molar-refractivity contribution is 4.25. The first-order valence-electron chi connectivity index (χ1n) is 2.88. The summed E-state index contributed by atoms with van der Waals surface area (Å²) in [6.07, 6.45) is 0.561. The number of hydrogen-bond donors (Lipinski definition) is 2. The van der Waals surface area contributed by atoms with E-state index in [1.807, 2.05) is 0 Å². The summed E-state index contributed by atoms with van der Waals surface area (Å²) in [5.41, 5.74) is 0. The number of aliphatic hydroxyl groups is 2. The maximum absolute atomic E-state index is 8.24. The zero-order valence-electron chi connectivity index (χ0n) is 5.25. The van der Waals surface area contributed by atoms with Crippen LogP contribution in [0.2, 0.25) is 0 Å². The highest BCUT2D eigenvalue weighted by atomic mass is 17.2. The van der Waals surface area contributed by atoms with Crippen molar-refractivity contribution >= 4 is 0 Å². The fourth-order valence-electron chi connectivity index (χ4n) is 0.279. The van der Waals surface area contributed by atoms with Gasteiger partial charge in [-0.15, -0.1) is 0 Å². The van der Waals surface area contributed by atoms with Crippen LogP contribution in [-0.4, -0.2) is 36.6 Å². The van der Waals surface area contributed by atoms with Gasteiger partial charge in [0.1, 0.15) is 6.61 Å². The summed E-state index contributed by atoms with van der Waals surface area (Å²) in [4.78, 5) is 8.92. The van der Waals surface area contributed by atoms with Crippen LogP contribution >= 0.6 is 0 Å². The monoisotopic (exact) mass is 136 g/mol. The van der Waals surface area contributed by atoms with Gasteiger partial charge in [-0.25, -0.2) is 9.78 Å². The fraction of sp³-hybridized carbons (Fsp3) is 1.00. The quantitative estimate of drug-likeness (QED) is 0.288. The molecule has 4 heteroatoms. The highest BCUT2D eigenvalue weighted by Gasteiger charge is 1.85. The van der Waals surface area contributed by atoms with Gasteiger partial charge in [-0.2, -0.15) is 0 Å². The van der Waals surface area contributed by atoms with Gasteiger partial charge in [-0.3, -0.25) is 0 Å². The second-order valence-corrected chi connectivity index (χ2v) is 1.44. The molecule has 56 valence electrons. The summed E-state index contributed by atoms with van der Waals surface area (Å²) in [5, 5.41) is 16.4. The zero-order valence-corrected chi connectivity index (χ0v) is 5.25. The molecule has 0 fully saturated rings. The van der Waals surface area contributed by atoms with E-state index in [0.29, 0.717) is 13.0 Å². The van der Waals surface area contributed by atoms with Crippen LogP contribution in [0.15, 0.2) is 0 Å². The van der Waals surface area contributed by atoms with Crippen LogP contribution in [0.1, 0.15) is 6.42 Å². The molecule has 0 saturated carbocycles. The molecule has 0 amide bonds. The molecule has 0 heterocycles. The van der Waals surface area contributed by atoms with Gasteiger partial charge in [0.05, 0.1) is 13.2 Å². The van der Waals surface area contributed by atoms with Crippen molar-refractivity contribution in [3.8, 4) is 0 Å². The molecule has 0 aromatic rings. The van der Waals surface area contributed by atoms with Gasteiger partial charge in [-0.05, 0) is 6.42 Å². The third kappa shape index (κ3) is 7.84. The van der Waals surface area contributed by atoms with Crippen LogP contribution in [0.25, 0.3) is 0 Å². The smallest absolute Gasteiger partial charge is 0.105 e. The minimum absolute atomic E-state index is 0.0425. The Kier molecular flexibility index (Phi) is 7.70. The van der Waals surface area contributed by atoms with E-state index in [1.165, 1.54) is 0 Å². The third-order valence-electron chi connectivity index (χ3n) is 0.644. The van der Waals surface area contributed by atoms with E-state index in [4.69, 9.17) is 10.2 Å². The molecular formula is C5H12O4. The average molecular weight is 136 g/mol. The van der Waals surface area contributed by atoms with E-state index in [-0.39, 0.29) is 19.8 Å². The van der Waals surface area contributed by atoms with Crippen molar-refractivity contribution in [3.63, 3.8) is 0 Å². The summed E-state index contributed by atoms with van der Waals surface area (Å²) in [6.45, 7) is 0.615. The Labute approximate surface area is 53.9 Å². The standard InChI is InChI=1S/C5H12O4/c6-2-1-4-8-9-5-3-7/h6-7H,1-5H2. The van der Waals surface area contributed by atoms with Crippen molar-refractivity contribution in [1.29, 1.82) is 0 Å². The first kappa shape index (κ1) is 8.84. The molecule has 4 nitrogen and oxygen atoms in total. The maximum atomic E-state index is 8.24. The zero-order chi connectivity index (χ0) is 6.95. The van der Waals surface area contributed by atoms with Crippen LogP contribution in [-0.2, 0) is 9.78 Å². The molecular weight excluding hydrogens is 124 g/mol. The summed E-state index contributed by atoms with van der Waals surface area (Å²) >= 11 is 0. The molecule has 0 aliphatic carbocycles. The van der Waals surface area contributed by atoms with Gasteiger partial charge >= 0.3 is 0 Å². The van der Waals surface area contributed by atoms with Crippen LogP contribution in [0, 0.1) is 0 Å². The SMILES string of the molecule is OCCCOOCCO. The van der Waals surface area contributed by atoms with E-state index in [0.717, 1.165) is 0 Å². The fourth-order valence-corrected chi connectivity index (χ4v) is 0.279. The largest absolute Gasteiger partial charge is 0.396 e. The number of rotatable bonds is 6. The molecule has 2 N–H and O–H groups in total. The van der Waals surface area contributed by atoms with Crippen molar-refractivity contribution in [2.45, 2.75) is 6.42 Å². The normalized spacial score (nSPS) is 10.0. The van der Waals surface area contributed by atoms with E-state index in [9.17, 15) is 0 Å². The van der Waals surface area contributed by atoms with Crippen molar-refractivity contribution in [2.75, 3.05) is 26.4 Å². The van der Waals surface area contributed by atoms with Gasteiger partial charge in [0.15, 0.2) is 0 Å². The Hall–Kier alpha value is -0.160. The molecule has 0 bridgehead atoms. The first-order valence-corrected chi connectivity index (χ1v) is 2.88. The van der Waals surface area contributed by atoms with Crippen LogP contribution in [0.3, 0.4) is 0 Å². The second-order valence-electron chi connectivity index (χ2n) is 1.44. The number of aliphatic hydroxyl groups excluding tert-OH is 2. The van der Waals surface area contributed by atoms with Gasteiger partial charge in [0.2, 0.25) is 0 Å². The molecule has 0 aromatic heterocycles. The molecule has 0 rings (SSSR count). The van der Waals surface area contributed by atoms with Gasteiger partial charge in [-0.1, -0.05) is 0 Å². The Balaban J connectivity index is 2.60. The molecule has 0 aliphatic rings. The lowest BCUT2D eigenvalue weighted by Crippen LogP contribution is -2.02. The molecule has 9 heavy (non-hydrogen) atoms. The summed E-state index contributed by atoms with van der Waals surface area (Å²) < 4.78 is 0. The Morgan fingerprint density at radius 3 is 2.11 bits per heavy atom. The summed E-state index contributed by atoms with van der Waals surface area (Å²) in [7, 11) is 0. The molecule has 0 aromatic carbocycles. The molecule has 0 saturated heterocycles. The van der Waals surface area contributed by atoms with Gasteiger partial charge in [0, 0.05) is 6.61 Å². The average Bonchev–Trinajstić information content (AvgIpc) is 1.89. The van der Waals surface area contributed by atoms with Gasteiger partial charge in [0.25, 0.3) is 0 Å². The van der Waals surface area contributed by atoms with Crippen LogP contribution in [0.4, 0.5) is 0 Å². The lowest BCUT2D eigenvalue weighted by atomic mass is 10.5. The van der Waals surface area contributed by atoms with Crippen molar-refractivity contribution in [2.24, 2.45) is 0 Å². The van der Waals surface area contributed by atoms with Crippen molar-refractivity contribution < 1.29 is 20.0 Å². The van der Waals surface area contributed by atoms with E-state index >= 15 is 0 Å². The molecule has 0 radical (unpaired) electrons. The minimum atomic E-state index is -0.0425. The Morgan fingerprint density at radius 2 is 1.56 bits per heavy atom. The Morgan fingerprint density at radius 1 is 0.889 bits per heavy atom. The third-order valence-corrected chi connectivity index (χ3v) is 0.644. The molecule has 0 spiro atoms. The first-order chi connectivity index (χ1) is 4.41. The molecule has 0 atom stereocenters. The predicted octanol–water partition coefficient (Wildman–Crippen LogP) is -0.691. The lowest BCUT2D eigenvalue weighted by Gasteiger charge is -1.98. The topological polar surface area (TPSA) is 58.9 Å². The second kappa shape index (κ2) is 7.84. The van der Waals surface area contributed by atoms with Crippen LogP contribution < -0.4 is 0 Å². The van der Waals surface area contributed by atoms with Crippen molar-refractivity contribution in [1.82, 2.24) is 0 Å². The Bertz CT molecular complexity index is 42.2. The van der Waals surface area contributed by atoms with Crippen molar-refractivity contribution in [3.05, 3.63) is 0 Å². The predicted molar refractivity (Wildman–Crippen MR) is 30.7 cm³/mol. The van der Waals surface area contributed by atoms with Crippen LogP contribution in [0.5, 0.6) is 0 Å². The molecule has 0 aliphatic heterocycles. The highest BCUT2D eigenvalue weighted by Crippen LogP contribution is 1.81. The van der Waals surface area contributed by atoms with Gasteiger partial charge < -0.3 is 10.2 Å². The summed E-state index contributed by atoms with van der Waals surface area (Å²) in [5.74, 6) is 0. The van der Waals surface area contributed by atoms with E-state index in [1.54, 1.807) is 0 Å². The number of hydrogen-bond acceptors (Lipinski definition) is 4.